The lowest BCUT2D eigenvalue weighted by Crippen LogP contribution is -2.49. The fraction of sp³-hybridized carbons (Fsp3) is 0.938. The standard InChI is InChI=1S/C48H95NO4/c1-3-5-7-9-11-13-15-17-18-19-20-21-22-23-24-25-26-27-28-29-30-31-33-35-37-39-41-43-47(52)48(53)49-45(44-50)46(51)42-40-38-36-34-32-16-14-12-10-8-6-4-2/h23-24,45-47,50-52H,3-22,25-44H2,1-2H3,(H,49,53)/b24-23-. The fourth-order valence-corrected chi connectivity index (χ4v) is 7.60. The fourth-order valence-electron chi connectivity index (χ4n) is 7.60. The van der Waals surface area contributed by atoms with Crippen molar-refractivity contribution in [2.24, 2.45) is 0 Å². The Morgan fingerprint density at radius 3 is 1.04 bits per heavy atom. The zero-order valence-corrected chi connectivity index (χ0v) is 35.9. The molecule has 0 aromatic heterocycles. The Kier molecular flexibility index (Phi) is 43.1. The largest absolute Gasteiger partial charge is 0.394 e. The van der Waals surface area contributed by atoms with Crippen molar-refractivity contribution in [3.8, 4) is 0 Å². The van der Waals surface area contributed by atoms with Gasteiger partial charge in [-0.1, -0.05) is 238 Å². The van der Waals surface area contributed by atoms with Crippen LogP contribution in [-0.4, -0.2) is 46.1 Å². The van der Waals surface area contributed by atoms with Crippen molar-refractivity contribution < 1.29 is 20.1 Å². The van der Waals surface area contributed by atoms with Crippen molar-refractivity contribution >= 4 is 5.91 Å². The Labute approximate surface area is 331 Å². The minimum atomic E-state index is -1.07. The molecule has 3 unspecified atom stereocenters. The molecule has 0 rings (SSSR count). The third kappa shape index (κ3) is 39.1. The van der Waals surface area contributed by atoms with Crippen LogP contribution in [0.25, 0.3) is 0 Å². The second-order valence-corrected chi connectivity index (χ2v) is 16.7. The zero-order chi connectivity index (χ0) is 38.7. The lowest BCUT2D eigenvalue weighted by Gasteiger charge is -2.23. The van der Waals surface area contributed by atoms with Gasteiger partial charge in [0.05, 0.1) is 18.8 Å². The number of amides is 1. The van der Waals surface area contributed by atoms with E-state index in [-0.39, 0.29) is 6.61 Å². The Balaban J connectivity index is 3.52. The summed E-state index contributed by atoms with van der Waals surface area (Å²) in [5.41, 5.74) is 0. The number of hydrogen-bond donors (Lipinski definition) is 4. The quantitative estimate of drug-likeness (QED) is 0.0369. The summed E-state index contributed by atoms with van der Waals surface area (Å²) in [5.74, 6) is -0.469. The first kappa shape index (κ1) is 52.1. The summed E-state index contributed by atoms with van der Waals surface area (Å²) in [7, 11) is 0. The highest BCUT2D eigenvalue weighted by molar-refractivity contribution is 5.80. The van der Waals surface area contributed by atoms with Gasteiger partial charge < -0.3 is 20.6 Å². The maximum absolute atomic E-state index is 12.5. The first-order chi connectivity index (χ1) is 26.1. The lowest BCUT2D eigenvalue weighted by molar-refractivity contribution is -0.131. The number of aliphatic hydroxyl groups is 3. The van der Waals surface area contributed by atoms with Crippen molar-refractivity contribution in [1.82, 2.24) is 5.32 Å². The van der Waals surface area contributed by atoms with Gasteiger partial charge in [0.25, 0.3) is 0 Å². The van der Waals surface area contributed by atoms with E-state index in [0.29, 0.717) is 12.8 Å². The van der Waals surface area contributed by atoms with Crippen molar-refractivity contribution in [1.29, 1.82) is 0 Å². The Bertz CT molecular complexity index is 743. The highest BCUT2D eigenvalue weighted by atomic mass is 16.3. The molecule has 316 valence electrons. The third-order valence-corrected chi connectivity index (χ3v) is 11.4. The van der Waals surface area contributed by atoms with Crippen LogP contribution in [0.3, 0.4) is 0 Å². The molecule has 0 heterocycles. The van der Waals surface area contributed by atoms with Crippen LogP contribution in [0.1, 0.15) is 264 Å². The molecule has 0 saturated carbocycles. The van der Waals surface area contributed by atoms with Gasteiger partial charge in [-0.2, -0.15) is 0 Å². The number of nitrogens with one attached hydrogen (secondary N) is 1. The van der Waals surface area contributed by atoms with Crippen LogP contribution < -0.4 is 5.32 Å². The summed E-state index contributed by atoms with van der Waals surface area (Å²) in [5, 5.41) is 33.3. The van der Waals surface area contributed by atoms with Crippen LogP contribution in [0, 0.1) is 0 Å². The monoisotopic (exact) mass is 750 g/mol. The van der Waals surface area contributed by atoms with E-state index in [9.17, 15) is 20.1 Å². The minimum absolute atomic E-state index is 0.311. The zero-order valence-electron chi connectivity index (χ0n) is 35.9. The predicted octanol–water partition coefficient (Wildman–Crippen LogP) is 14.0. The number of unbranched alkanes of at least 4 members (excludes halogenated alkanes) is 34. The molecule has 3 atom stereocenters. The van der Waals surface area contributed by atoms with E-state index in [1.165, 1.54) is 205 Å². The van der Waals surface area contributed by atoms with Crippen molar-refractivity contribution in [2.45, 2.75) is 283 Å². The first-order valence-electron chi connectivity index (χ1n) is 24.0. The topological polar surface area (TPSA) is 89.8 Å². The molecular formula is C48H95NO4. The number of carbonyl (C=O) groups is 1. The summed E-state index contributed by atoms with van der Waals surface area (Å²) >= 11 is 0. The van der Waals surface area contributed by atoms with Crippen LogP contribution in [0.4, 0.5) is 0 Å². The van der Waals surface area contributed by atoms with E-state index >= 15 is 0 Å². The molecule has 0 aromatic carbocycles. The number of carbonyl (C=O) groups excluding carboxylic acids is 1. The van der Waals surface area contributed by atoms with Gasteiger partial charge >= 0.3 is 0 Å². The van der Waals surface area contributed by atoms with E-state index in [4.69, 9.17) is 0 Å². The summed E-state index contributed by atoms with van der Waals surface area (Å²) in [6, 6.07) is -0.708. The van der Waals surface area contributed by atoms with E-state index in [1.807, 2.05) is 0 Å². The molecule has 0 aliphatic carbocycles. The summed E-state index contributed by atoms with van der Waals surface area (Å²) in [6.45, 7) is 4.24. The van der Waals surface area contributed by atoms with Gasteiger partial charge in [0.2, 0.25) is 5.91 Å². The van der Waals surface area contributed by atoms with E-state index in [2.05, 4.69) is 31.3 Å². The van der Waals surface area contributed by atoms with Crippen molar-refractivity contribution in [3.63, 3.8) is 0 Å². The molecule has 53 heavy (non-hydrogen) atoms. The molecule has 0 saturated heterocycles. The van der Waals surface area contributed by atoms with Crippen LogP contribution >= 0.6 is 0 Å². The number of aliphatic hydroxyl groups excluding tert-OH is 3. The highest BCUT2D eigenvalue weighted by Gasteiger charge is 2.23. The smallest absolute Gasteiger partial charge is 0.249 e. The number of allylic oxidation sites excluding steroid dienone is 2. The minimum Gasteiger partial charge on any atom is -0.394 e. The molecule has 0 radical (unpaired) electrons. The average Bonchev–Trinajstić information content (AvgIpc) is 3.16. The Hall–Kier alpha value is -0.910. The molecule has 0 spiro atoms. The molecule has 1 amide bonds. The molecule has 0 aromatic rings. The van der Waals surface area contributed by atoms with Crippen LogP contribution in [0.5, 0.6) is 0 Å². The molecule has 4 N–H and O–H groups in total. The van der Waals surface area contributed by atoms with E-state index in [1.54, 1.807) is 0 Å². The van der Waals surface area contributed by atoms with Crippen LogP contribution in [0.15, 0.2) is 12.2 Å². The third-order valence-electron chi connectivity index (χ3n) is 11.4. The summed E-state index contributed by atoms with van der Waals surface area (Å²) < 4.78 is 0. The number of rotatable bonds is 44. The van der Waals surface area contributed by atoms with Crippen molar-refractivity contribution in [2.75, 3.05) is 6.61 Å². The molecule has 0 aliphatic rings. The average molecular weight is 750 g/mol. The van der Waals surface area contributed by atoms with Gasteiger partial charge in [0.1, 0.15) is 6.10 Å². The number of hydrogen-bond acceptors (Lipinski definition) is 4. The van der Waals surface area contributed by atoms with Gasteiger partial charge in [-0.05, 0) is 38.5 Å². The first-order valence-corrected chi connectivity index (χ1v) is 24.0. The maximum atomic E-state index is 12.5. The maximum Gasteiger partial charge on any atom is 0.249 e. The molecule has 0 bridgehead atoms. The van der Waals surface area contributed by atoms with Gasteiger partial charge in [0, 0.05) is 0 Å². The SMILES string of the molecule is CCCCCCCCCCCCCC/C=C\CCCCCCCCCCCCCC(O)C(=O)NC(CO)C(O)CCCCCCCCCCCCCC. The molecule has 0 fully saturated rings. The van der Waals surface area contributed by atoms with E-state index in [0.717, 1.165) is 32.1 Å². The van der Waals surface area contributed by atoms with E-state index < -0.39 is 24.2 Å². The summed E-state index contributed by atoms with van der Waals surface area (Å²) in [6.07, 6.45) is 52.3. The second kappa shape index (κ2) is 43.8. The van der Waals surface area contributed by atoms with Crippen LogP contribution in [0.2, 0.25) is 0 Å². The second-order valence-electron chi connectivity index (χ2n) is 16.7. The summed E-state index contributed by atoms with van der Waals surface area (Å²) in [4.78, 5) is 12.5. The lowest BCUT2D eigenvalue weighted by atomic mass is 10.0. The molecule has 5 nitrogen and oxygen atoms in total. The Morgan fingerprint density at radius 1 is 0.434 bits per heavy atom. The predicted molar refractivity (Wildman–Crippen MR) is 232 cm³/mol. The van der Waals surface area contributed by atoms with Crippen LogP contribution in [-0.2, 0) is 4.79 Å². The highest BCUT2D eigenvalue weighted by Crippen LogP contribution is 2.17. The normalized spacial score (nSPS) is 13.5. The van der Waals surface area contributed by atoms with Gasteiger partial charge in [0.15, 0.2) is 0 Å². The van der Waals surface area contributed by atoms with Crippen molar-refractivity contribution in [3.05, 3.63) is 12.2 Å². The molecule has 0 aliphatic heterocycles. The van der Waals surface area contributed by atoms with Gasteiger partial charge in [-0.3, -0.25) is 4.79 Å². The molecular weight excluding hydrogens is 655 g/mol. The van der Waals surface area contributed by atoms with Gasteiger partial charge in [-0.15, -0.1) is 0 Å². The van der Waals surface area contributed by atoms with Gasteiger partial charge in [-0.25, -0.2) is 0 Å². The Morgan fingerprint density at radius 2 is 0.717 bits per heavy atom. The molecule has 5 heteroatoms.